The van der Waals surface area contributed by atoms with Gasteiger partial charge in [-0.15, -0.1) is 0 Å². The monoisotopic (exact) mass is 286 g/mol. The summed E-state index contributed by atoms with van der Waals surface area (Å²) < 4.78 is 5.84. The molecule has 0 amide bonds. The van der Waals surface area contributed by atoms with E-state index in [4.69, 9.17) is 10.2 Å². The van der Waals surface area contributed by atoms with Gasteiger partial charge in [-0.1, -0.05) is 31.2 Å². The Morgan fingerprint density at radius 1 is 1.14 bits per heavy atom. The molecule has 1 heterocycles. The molecule has 114 valence electrons. The smallest absolute Gasteiger partial charge is 0.122 e. The molecule has 0 saturated carbocycles. The van der Waals surface area contributed by atoms with Gasteiger partial charge in [0.1, 0.15) is 11.5 Å². The van der Waals surface area contributed by atoms with Crippen molar-refractivity contribution in [2.24, 2.45) is 5.73 Å². The summed E-state index contributed by atoms with van der Waals surface area (Å²) in [6, 6.07) is 12.7. The first-order valence-corrected chi connectivity index (χ1v) is 7.63. The Hall–Kier alpha value is -1.58. The maximum atomic E-state index is 6.24. The van der Waals surface area contributed by atoms with Gasteiger partial charge >= 0.3 is 0 Å². The standard InChI is InChI=1S/C18H26N2O/c1-5-20(12-16-9-7-6-8-13(16)2)18(15(4)19)17-11-10-14(3)21-17/h6-11,15,18H,5,12,19H2,1-4H3. The second-order valence-electron chi connectivity index (χ2n) is 5.74. The molecule has 2 rings (SSSR count). The van der Waals surface area contributed by atoms with Crippen LogP contribution in [0.15, 0.2) is 40.8 Å². The maximum absolute atomic E-state index is 6.24. The van der Waals surface area contributed by atoms with Crippen LogP contribution in [0.5, 0.6) is 0 Å². The molecule has 1 aromatic heterocycles. The van der Waals surface area contributed by atoms with Crippen LogP contribution in [-0.2, 0) is 6.54 Å². The van der Waals surface area contributed by atoms with E-state index in [9.17, 15) is 0 Å². The topological polar surface area (TPSA) is 42.4 Å². The molecule has 2 atom stereocenters. The SMILES string of the molecule is CCN(Cc1ccccc1C)C(c1ccc(C)o1)C(C)N. The molecule has 2 aromatic rings. The Morgan fingerprint density at radius 2 is 1.86 bits per heavy atom. The first-order chi connectivity index (χ1) is 10.0. The summed E-state index contributed by atoms with van der Waals surface area (Å²) in [4.78, 5) is 2.38. The van der Waals surface area contributed by atoms with Crippen molar-refractivity contribution >= 4 is 0 Å². The first kappa shape index (κ1) is 15.8. The Labute approximate surface area is 127 Å². The van der Waals surface area contributed by atoms with Crippen LogP contribution in [0.2, 0.25) is 0 Å². The zero-order valence-electron chi connectivity index (χ0n) is 13.5. The number of aryl methyl sites for hydroxylation is 2. The van der Waals surface area contributed by atoms with Gasteiger partial charge in [-0.25, -0.2) is 0 Å². The number of furan rings is 1. The highest BCUT2D eigenvalue weighted by Crippen LogP contribution is 2.27. The van der Waals surface area contributed by atoms with E-state index in [1.165, 1.54) is 11.1 Å². The second-order valence-corrected chi connectivity index (χ2v) is 5.74. The lowest BCUT2D eigenvalue weighted by atomic mass is 10.0. The van der Waals surface area contributed by atoms with Crippen molar-refractivity contribution in [2.45, 2.75) is 46.3 Å². The van der Waals surface area contributed by atoms with Crippen molar-refractivity contribution in [2.75, 3.05) is 6.54 Å². The summed E-state index contributed by atoms with van der Waals surface area (Å²) in [6.07, 6.45) is 0. The molecule has 0 bridgehead atoms. The summed E-state index contributed by atoms with van der Waals surface area (Å²) in [5, 5.41) is 0. The molecule has 3 nitrogen and oxygen atoms in total. The maximum Gasteiger partial charge on any atom is 0.122 e. The van der Waals surface area contributed by atoms with E-state index in [2.05, 4.69) is 43.0 Å². The average molecular weight is 286 g/mol. The van der Waals surface area contributed by atoms with Crippen LogP contribution in [0.3, 0.4) is 0 Å². The van der Waals surface area contributed by atoms with Crippen LogP contribution >= 0.6 is 0 Å². The Kier molecular flexibility index (Phi) is 5.21. The molecule has 0 aliphatic rings. The lowest BCUT2D eigenvalue weighted by Gasteiger charge is -2.32. The number of rotatable bonds is 6. The summed E-state index contributed by atoms with van der Waals surface area (Å²) >= 11 is 0. The molecule has 0 aliphatic heterocycles. The number of nitrogens with zero attached hydrogens (tertiary/aromatic N) is 1. The highest BCUT2D eigenvalue weighted by Gasteiger charge is 2.26. The van der Waals surface area contributed by atoms with Crippen LogP contribution < -0.4 is 5.73 Å². The number of benzene rings is 1. The lowest BCUT2D eigenvalue weighted by molar-refractivity contribution is 0.153. The minimum atomic E-state index is 0.0134. The fourth-order valence-corrected chi connectivity index (χ4v) is 2.80. The van der Waals surface area contributed by atoms with Crippen molar-refractivity contribution in [1.82, 2.24) is 4.90 Å². The first-order valence-electron chi connectivity index (χ1n) is 7.63. The molecular formula is C18H26N2O. The fourth-order valence-electron chi connectivity index (χ4n) is 2.80. The number of nitrogens with two attached hydrogens (primary N) is 1. The molecule has 0 aliphatic carbocycles. The van der Waals surface area contributed by atoms with E-state index in [0.717, 1.165) is 24.6 Å². The van der Waals surface area contributed by atoms with E-state index in [-0.39, 0.29) is 12.1 Å². The van der Waals surface area contributed by atoms with Gasteiger partial charge in [0.05, 0.1) is 6.04 Å². The van der Waals surface area contributed by atoms with Gasteiger partial charge in [-0.05, 0) is 50.6 Å². The Bertz CT molecular complexity index is 574. The molecule has 2 N–H and O–H groups in total. The third-order valence-electron chi connectivity index (χ3n) is 3.98. The minimum Gasteiger partial charge on any atom is -0.465 e. The summed E-state index contributed by atoms with van der Waals surface area (Å²) in [5.41, 5.74) is 8.90. The highest BCUT2D eigenvalue weighted by molar-refractivity contribution is 5.26. The third-order valence-corrected chi connectivity index (χ3v) is 3.98. The zero-order valence-corrected chi connectivity index (χ0v) is 13.5. The molecule has 21 heavy (non-hydrogen) atoms. The van der Waals surface area contributed by atoms with Gasteiger partial charge in [0.2, 0.25) is 0 Å². The van der Waals surface area contributed by atoms with E-state index in [1.54, 1.807) is 0 Å². The average Bonchev–Trinajstić information content (AvgIpc) is 2.86. The van der Waals surface area contributed by atoms with Crippen LogP contribution in [0.1, 0.15) is 42.5 Å². The molecule has 2 unspecified atom stereocenters. The van der Waals surface area contributed by atoms with Crippen LogP contribution in [0.4, 0.5) is 0 Å². The normalized spacial score (nSPS) is 14.4. The Balaban J connectivity index is 2.26. The number of hydrogen-bond acceptors (Lipinski definition) is 3. The molecule has 0 spiro atoms. The number of likely N-dealkylation sites (N-methyl/N-ethyl adjacent to an activating group) is 1. The minimum absolute atomic E-state index is 0.0134. The molecule has 3 heteroatoms. The van der Waals surface area contributed by atoms with Crippen LogP contribution in [0, 0.1) is 13.8 Å². The lowest BCUT2D eigenvalue weighted by Crippen LogP contribution is -2.39. The summed E-state index contributed by atoms with van der Waals surface area (Å²) in [5.74, 6) is 1.89. The van der Waals surface area contributed by atoms with E-state index >= 15 is 0 Å². The van der Waals surface area contributed by atoms with Crippen molar-refractivity contribution in [3.05, 3.63) is 59.0 Å². The third kappa shape index (κ3) is 3.74. The zero-order chi connectivity index (χ0) is 15.4. The van der Waals surface area contributed by atoms with E-state index < -0.39 is 0 Å². The predicted octanol–water partition coefficient (Wildman–Crippen LogP) is 3.81. The highest BCUT2D eigenvalue weighted by atomic mass is 16.3. The van der Waals surface area contributed by atoms with Crippen molar-refractivity contribution in [1.29, 1.82) is 0 Å². The fraction of sp³-hybridized carbons (Fsp3) is 0.444. The van der Waals surface area contributed by atoms with Crippen molar-refractivity contribution < 1.29 is 4.42 Å². The van der Waals surface area contributed by atoms with Crippen molar-refractivity contribution in [3.8, 4) is 0 Å². The molecule has 0 radical (unpaired) electrons. The molecule has 0 fully saturated rings. The van der Waals surface area contributed by atoms with Gasteiger partial charge in [-0.2, -0.15) is 0 Å². The number of hydrogen-bond donors (Lipinski definition) is 1. The predicted molar refractivity (Wildman–Crippen MR) is 87.1 cm³/mol. The van der Waals surface area contributed by atoms with Gasteiger partial charge in [-0.3, -0.25) is 4.90 Å². The van der Waals surface area contributed by atoms with Crippen molar-refractivity contribution in [3.63, 3.8) is 0 Å². The van der Waals surface area contributed by atoms with Gasteiger partial charge in [0.25, 0.3) is 0 Å². The van der Waals surface area contributed by atoms with Crippen LogP contribution in [0.25, 0.3) is 0 Å². The molecular weight excluding hydrogens is 260 g/mol. The Morgan fingerprint density at radius 3 is 2.38 bits per heavy atom. The molecule has 1 aromatic carbocycles. The van der Waals surface area contributed by atoms with Gasteiger partial charge in [0, 0.05) is 12.6 Å². The van der Waals surface area contributed by atoms with E-state index in [0.29, 0.717) is 0 Å². The summed E-state index contributed by atoms with van der Waals surface area (Å²) in [7, 11) is 0. The summed E-state index contributed by atoms with van der Waals surface area (Å²) in [6.45, 7) is 10.2. The van der Waals surface area contributed by atoms with Gasteiger partial charge in [0.15, 0.2) is 0 Å². The molecule has 0 saturated heterocycles. The van der Waals surface area contributed by atoms with E-state index in [1.807, 2.05) is 26.0 Å². The van der Waals surface area contributed by atoms with Gasteiger partial charge < -0.3 is 10.2 Å². The second kappa shape index (κ2) is 6.92. The quantitative estimate of drug-likeness (QED) is 0.878. The largest absolute Gasteiger partial charge is 0.465 e. The van der Waals surface area contributed by atoms with Crippen LogP contribution in [-0.4, -0.2) is 17.5 Å².